The van der Waals surface area contributed by atoms with Crippen molar-refractivity contribution < 1.29 is 0 Å². The Morgan fingerprint density at radius 2 is 2.40 bits per heavy atom. The van der Waals surface area contributed by atoms with Crippen molar-refractivity contribution in [2.24, 2.45) is 10.7 Å². The maximum Gasteiger partial charge on any atom is 0.117 e. The first-order chi connectivity index (χ1) is 4.83. The quantitative estimate of drug-likeness (QED) is 0.376. The highest BCUT2D eigenvalue weighted by Crippen LogP contribution is 1.96. The molecule has 1 aliphatic rings. The van der Waals surface area contributed by atoms with Crippen LogP contribution in [0.15, 0.2) is 16.7 Å². The second kappa shape index (κ2) is 3.41. The van der Waals surface area contributed by atoms with E-state index in [1.54, 1.807) is 6.21 Å². The highest BCUT2D eigenvalue weighted by atomic mass is 15.0. The zero-order valence-electron chi connectivity index (χ0n) is 5.75. The predicted molar refractivity (Wildman–Crippen MR) is 43.2 cm³/mol. The van der Waals surface area contributed by atoms with Gasteiger partial charge >= 0.3 is 0 Å². The number of nitrogens with zero attached hydrogens (tertiary/aromatic N) is 1. The summed E-state index contributed by atoms with van der Waals surface area (Å²) >= 11 is 0. The van der Waals surface area contributed by atoms with Crippen LogP contribution in [0, 0.1) is 0 Å². The van der Waals surface area contributed by atoms with E-state index in [0.29, 0.717) is 11.5 Å². The van der Waals surface area contributed by atoms with E-state index in [9.17, 15) is 0 Å². The van der Waals surface area contributed by atoms with Gasteiger partial charge in [-0.2, -0.15) is 0 Å². The van der Waals surface area contributed by atoms with E-state index in [0.717, 1.165) is 13.1 Å². The molecular weight excluding hydrogens is 125 g/mol. The smallest absolute Gasteiger partial charge is 0.117 e. The highest BCUT2D eigenvalue weighted by Gasteiger charge is 2.13. The first kappa shape index (κ1) is 7.34. The van der Waals surface area contributed by atoms with E-state index in [1.807, 2.05) is 0 Å². The van der Waals surface area contributed by atoms with Crippen molar-refractivity contribution in [3.05, 3.63) is 11.7 Å². The molecule has 1 rings (SSSR count). The molecule has 0 aromatic rings. The van der Waals surface area contributed by atoms with Crippen molar-refractivity contribution in [1.29, 1.82) is 0 Å². The van der Waals surface area contributed by atoms with Crippen LogP contribution in [0.1, 0.15) is 0 Å². The molecule has 0 saturated carbocycles. The monoisotopic (exact) mass is 135 g/mol. The second-order valence-corrected chi connectivity index (χ2v) is 2.26. The third kappa shape index (κ3) is 1.88. The summed E-state index contributed by atoms with van der Waals surface area (Å²) in [4.78, 5) is 4.14. The molecule has 0 spiro atoms. The fourth-order valence-corrected chi connectivity index (χ4v) is 0.613. The third-order valence-corrected chi connectivity index (χ3v) is 1.39. The molecule has 0 atom stereocenters. The minimum absolute atomic E-state index is 0.401. The molecule has 2 radical (unpaired) electrons. The van der Waals surface area contributed by atoms with E-state index >= 15 is 0 Å². The van der Waals surface area contributed by atoms with Crippen LogP contribution >= 0.6 is 0 Å². The van der Waals surface area contributed by atoms with Gasteiger partial charge in [0.2, 0.25) is 0 Å². The zero-order chi connectivity index (χ0) is 7.40. The van der Waals surface area contributed by atoms with Gasteiger partial charge in [0.1, 0.15) is 7.85 Å². The summed E-state index contributed by atoms with van der Waals surface area (Å²) in [5.74, 6) is 0. The van der Waals surface area contributed by atoms with E-state index in [4.69, 9.17) is 13.6 Å². The van der Waals surface area contributed by atoms with E-state index in [1.165, 1.54) is 6.20 Å². The second-order valence-electron chi connectivity index (χ2n) is 2.26. The van der Waals surface area contributed by atoms with Gasteiger partial charge in [0.25, 0.3) is 0 Å². The van der Waals surface area contributed by atoms with Crippen LogP contribution in [0.2, 0.25) is 0 Å². The van der Waals surface area contributed by atoms with Crippen LogP contribution in [0.4, 0.5) is 0 Å². The van der Waals surface area contributed by atoms with Gasteiger partial charge in [-0.3, -0.25) is 4.99 Å². The first-order valence-electron chi connectivity index (χ1n) is 3.24. The van der Waals surface area contributed by atoms with Crippen molar-refractivity contribution in [2.45, 2.75) is 6.04 Å². The normalized spacial score (nSPS) is 21.4. The maximum absolute atomic E-state index is 5.37. The van der Waals surface area contributed by atoms with Crippen molar-refractivity contribution >= 4 is 14.1 Å². The van der Waals surface area contributed by atoms with Crippen LogP contribution in [0.3, 0.4) is 0 Å². The average Bonchev–Trinajstić information content (AvgIpc) is 1.84. The summed E-state index contributed by atoms with van der Waals surface area (Å²) in [7, 11) is 5.37. The van der Waals surface area contributed by atoms with Gasteiger partial charge in [-0.05, 0) is 6.20 Å². The third-order valence-electron chi connectivity index (χ3n) is 1.39. The molecule has 0 amide bonds. The number of aliphatic imine (C=N–C) groups is 1. The Morgan fingerprint density at radius 3 is 2.80 bits per heavy atom. The summed E-state index contributed by atoms with van der Waals surface area (Å²) in [6.07, 6.45) is 2.95. The molecule has 3 N–H and O–H groups in total. The lowest BCUT2D eigenvalue weighted by Gasteiger charge is -2.22. The van der Waals surface area contributed by atoms with Gasteiger partial charge in [-0.25, -0.2) is 0 Å². The summed E-state index contributed by atoms with van der Waals surface area (Å²) in [5, 5.41) is 3.10. The first-order valence-corrected chi connectivity index (χ1v) is 3.24. The summed E-state index contributed by atoms with van der Waals surface area (Å²) < 4.78 is 0. The fourth-order valence-electron chi connectivity index (χ4n) is 0.613. The standard InChI is InChI=1S/C6H10BN3/c7-5(1-8)2-10-6-3-9-4-6/h1-2,6,9H,3-4,8H2/b5-1+,10-2?. The Kier molecular flexibility index (Phi) is 2.51. The minimum Gasteiger partial charge on any atom is -0.405 e. The average molecular weight is 135 g/mol. The molecule has 1 fully saturated rings. The van der Waals surface area contributed by atoms with Gasteiger partial charge in [0.15, 0.2) is 0 Å². The zero-order valence-corrected chi connectivity index (χ0v) is 5.75. The van der Waals surface area contributed by atoms with Crippen LogP contribution in [-0.2, 0) is 0 Å². The molecule has 4 heteroatoms. The SMILES string of the molecule is [B]/C(C=NC1CNC1)=C/N. The molecule has 1 heterocycles. The molecule has 0 aromatic carbocycles. The van der Waals surface area contributed by atoms with Gasteiger partial charge < -0.3 is 11.1 Å². The lowest BCUT2D eigenvalue weighted by Crippen LogP contribution is -2.45. The van der Waals surface area contributed by atoms with Crippen LogP contribution < -0.4 is 11.1 Å². The van der Waals surface area contributed by atoms with Crippen molar-refractivity contribution in [2.75, 3.05) is 13.1 Å². The fraction of sp³-hybridized carbons (Fsp3) is 0.500. The molecule has 0 unspecified atom stereocenters. The van der Waals surface area contributed by atoms with Gasteiger partial charge in [-0.1, -0.05) is 5.47 Å². The summed E-state index contributed by atoms with van der Waals surface area (Å²) in [6.45, 7) is 1.91. The van der Waals surface area contributed by atoms with Crippen molar-refractivity contribution in [1.82, 2.24) is 5.32 Å². The van der Waals surface area contributed by atoms with E-state index in [2.05, 4.69) is 10.3 Å². The van der Waals surface area contributed by atoms with Crippen molar-refractivity contribution in [3.63, 3.8) is 0 Å². The maximum atomic E-state index is 5.37. The molecule has 1 saturated heterocycles. The summed E-state index contributed by atoms with van der Waals surface area (Å²) in [6, 6.07) is 0.401. The lowest BCUT2D eigenvalue weighted by atomic mass is 9.98. The number of hydrogen-bond donors (Lipinski definition) is 2. The van der Waals surface area contributed by atoms with Crippen LogP contribution in [-0.4, -0.2) is 33.2 Å². The molecule has 0 aromatic heterocycles. The molecular formula is C6H10BN3. The molecule has 10 heavy (non-hydrogen) atoms. The Bertz CT molecular complexity index is 160. The number of nitrogens with two attached hydrogens (primary N) is 1. The molecule has 0 bridgehead atoms. The Labute approximate surface area is 61.8 Å². The molecule has 0 aliphatic carbocycles. The highest BCUT2D eigenvalue weighted by molar-refractivity contribution is 6.32. The number of nitrogens with one attached hydrogen (secondary N) is 1. The molecule has 3 nitrogen and oxygen atoms in total. The van der Waals surface area contributed by atoms with Crippen LogP contribution in [0.5, 0.6) is 0 Å². The van der Waals surface area contributed by atoms with Gasteiger partial charge in [-0.15, -0.1) is 0 Å². The van der Waals surface area contributed by atoms with Gasteiger partial charge in [0.05, 0.1) is 6.04 Å². The lowest BCUT2D eigenvalue weighted by molar-refractivity contribution is 0.449. The summed E-state index contributed by atoms with van der Waals surface area (Å²) in [5.41, 5.74) is 5.64. The Hall–Kier alpha value is -0.765. The Morgan fingerprint density at radius 1 is 1.70 bits per heavy atom. The molecule has 52 valence electrons. The van der Waals surface area contributed by atoms with E-state index < -0.39 is 0 Å². The predicted octanol–water partition coefficient (Wildman–Crippen LogP) is -1.00. The Balaban J connectivity index is 2.27. The number of hydrogen-bond acceptors (Lipinski definition) is 3. The largest absolute Gasteiger partial charge is 0.405 e. The number of allylic oxidation sites excluding steroid dienone is 1. The van der Waals surface area contributed by atoms with E-state index in [-0.39, 0.29) is 0 Å². The van der Waals surface area contributed by atoms with Gasteiger partial charge in [0, 0.05) is 19.3 Å². The van der Waals surface area contributed by atoms with Crippen LogP contribution in [0.25, 0.3) is 0 Å². The minimum atomic E-state index is 0.401. The topological polar surface area (TPSA) is 50.4 Å². The van der Waals surface area contributed by atoms with Crippen molar-refractivity contribution in [3.8, 4) is 0 Å². The molecule has 1 aliphatic heterocycles. The number of rotatable bonds is 2.